The predicted octanol–water partition coefficient (Wildman–Crippen LogP) is -0.992. The number of ether oxygens (including phenoxy) is 2. The minimum Gasteiger partial charge on any atom is -0.480 e. The Morgan fingerprint density at radius 3 is 2.33 bits per heavy atom. The Labute approximate surface area is 123 Å². The van der Waals surface area contributed by atoms with Crippen LogP contribution in [0.25, 0.3) is 0 Å². The van der Waals surface area contributed by atoms with Gasteiger partial charge in [0.1, 0.15) is 6.04 Å². The summed E-state index contributed by atoms with van der Waals surface area (Å²) in [7, 11) is 2.99. The average Bonchev–Trinajstić information content (AvgIpc) is 2.38. The van der Waals surface area contributed by atoms with Gasteiger partial charge in [0.15, 0.2) is 0 Å². The van der Waals surface area contributed by atoms with Gasteiger partial charge in [-0.2, -0.15) is 0 Å². The van der Waals surface area contributed by atoms with Gasteiger partial charge in [-0.25, -0.2) is 9.59 Å². The molecule has 0 radical (unpaired) electrons. The molecule has 9 nitrogen and oxygen atoms in total. The van der Waals surface area contributed by atoms with E-state index in [2.05, 4.69) is 5.32 Å². The predicted molar refractivity (Wildman–Crippen MR) is 73.7 cm³/mol. The van der Waals surface area contributed by atoms with E-state index in [-0.39, 0.29) is 25.8 Å². The summed E-state index contributed by atoms with van der Waals surface area (Å²) in [5.41, 5.74) is 4.96. The van der Waals surface area contributed by atoms with E-state index >= 15 is 0 Å². The van der Waals surface area contributed by atoms with Crippen LogP contribution >= 0.6 is 0 Å². The lowest BCUT2D eigenvalue weighted by molar-refractivity contribution is -0.141. The summed E-state index contributed by atoms with van der Waals surface area (Å²) in [6.07, 6.45) is -0.474. The number of nitrogens with two attached hydrogens (primary N) is 1. The standard InChI is InChI=1S/C12H23N3O6/c1-8(7-21-3)15(4-5-20-2)12(19)14-9(11(17)18)6-10(13)16/h8-9H,4-7H2,1-3H3,(H2,13,16)(H,14,19)(H,17,18)/t8?,9-/m1/s1. The summed E-state index contributed by atoms with van der Waals surface area (Å²) < 4.78 is 9.89. The molecule has 0 bridgehead atoms. The minimum absolute atomic E-state index is 0.260. The monoisotopic (exact) mass is 305 g/mol. The van der Waals surface area contributed by atoms with Gasteiger partial charge in [-0.15, -0.1) is 0 Å². The van der Waals surface area contributed by atoms with Crippen molar-refractivity contribution < 1.29 is 29.0 Å². The van der Waals surface area contributed by atoms with Crippen LogP contribution in [-0.4, -0.2) is 74.0 Å². The van der Waals surface area contributed by atoms with Crippen LogP contribution in [-0.2, 0) is 19.1 Å². The number of primary amides is 1. The summed E-state index contributed by atoms with van der Waals surface area (Å²) in [5.74, 6) is -2.13. The van der Waals surface area contributed by atoms with Crippen molar-refractivity contribution in [1.29, 1.82) is 0 Å². The van der Waals surface area contributed by atoms with E-state index in [4.69, 9.17) is 20.3 Å². The van der Waals surface area contributed by atoms with E-state index in [0.29, 0.717) is 0 Å². The second kappa shape index (κ2) is 9.94. The molecule has 0 heterocycles. The largest absolute Gasteiger partial charge is 0.480 e. The first kappa shape index (κ1) is 19.1. The molecule has 0 spiro atoms. The van der Waals surface area contributed by atoms with Crippen molar-refractivity contribution in [3.05, 3.63) is 0 Å². The van der Waals surface area contributed by atoms with Gasteiger partial charge in [0.25, 0.3) is 0 Å². The summed E-state index contributed by atoms with van der Waals surface area (Å²) >= 11 is 0. The fourth-order valence-electron chi connectivity index (χ4n) is 1.68. The van der Waals surface area contributed by atoms with Crippen LogP contribution < -0.4 is 11.1 Å². The van der Waals surface area contributed by atoms with Gasteiger partial charge in [-0.3, -0.25) is 4.79 Å². The van der Waals surface area contributed by atoms with Gasteiger partial charge >= 0.3 is 12.0 Å². The maximum absolute atomic E-state index is 12.1. The molecule has 0 aromatic heterocycles. The quantitative estimate of drug-likeness (QED) is 0.475. The number of hydrogen-bond acceptors (Lipinski definition) is 5. The Morgan fingerprint density at radius 1 is 1.29 bits per heavy atom. The van der Waals surface area contributed by atoms with Crippen LogP contribution in [0.3, 0.4) is 0 Å². The molecule has 0 saturated heterocycles. The van der Waals surface area contributed by atoms with Crippen molar-refractivity contribution >= 4 is 17.9 Å². The molecular weight excluding hydrogens is 282 g/mol. The third kappa shape index (κ3) is 7.47. The Kier molecular flexibility index (Phi) is 9.06. The highest BCUT2D eigenvalue weighted by Gasteiger charge is 2.27. The molecule has 0 aromatic rings. The molecule has 0 aliphatic heterocycles. The van der Waals surface area contributed by atoms with Gasteiger partial charge in [0, 0.05) is 20.8 Å². The van der Waals surface area contributed by atoms with E-state index in [1.54, 1.807) is 6.92 Å². The highest BCUT2D eigenvalue weighted by molar-refractivity contribution is 5.87. The lowest BCUT2D eigenvalue weighted by Crippen LogP contribution is -2.53. The maximum atomic E-state index is 12.1. The van der Waals surface area contributed by atoms with Crippen molar-refractivity contribution in [2.75, 3.05) is 34.0 Å². The molecule has 0 aromatic carbocycles. The normalized spacial score (nSPS) is 13.3. The topological polar surface area (TPSA) is 131 Å². The molecule has 0 rings (SSSR count). The molecule has 2 atom stereocenters. The molecule has 0 aliphatic carbocycles. The van der Waals surface area contributed by atoms with E-state index in [9.17, 15) is 14.4 Å². The Bertz CT molecular complexity index is 363. The van der Waals surface area contributed by atoms with E-state index < -0.39 is 30.4 Å². The molecule has 21 heavy (non-hydrogen) atoms. The molecule has 4 N–H and O–H groups in total. The molecule has 9 heteroatoms. The molecule has 122 valence electrons. The van der Waals surface area contributed by atoms with Crippen LogP contribution in [0.15, 0.2) is 0 Å². The molecule has 1 unspecified atom stereocenters. The van der Waals surface area contributed by atoms with Crippen molar-refractivity contribution in [1.82, 2.24) is 10.2 Å². The first-order valence-electron chi connectivity index (χ1n) is 6.39. The number of urea groups is 1. The Morgan fingerprint density at radius 2 is 1.90 bits per heavy atom. The summed E-state index contributed by atoms with van der Waals surface area (Å²) in [6, 6.07) is -2.27. The van der Waals surface area contributed by atoms with Crippen LogP contribution in [0.5, 0.6) is 0 Å². The molecule has 0 fully saturated rings. The van der Waals surface area contributed by atoms with Gasteiger partial charge in [-0.1, -0.05) is 0 Å². The average molecular weight is 305 g/mol. The number of hydrogen-bond donors (Lipinski definition) is 3. The van der Waals surface area contributed by atoms with Crippen LogP contribution in [0.4, 0.5) is 4.79 Å². The number of nitrogens with zero attached hydrogens (tertiary/aromatic N) is 1. The molecular formula is C12H23N3O6. The number of carboxylic acid groups (broad SMARTS) is 1. The smallest absolute Gasteiger partial charge is 0.326 e. The zero-order chi connectivity index (χ0) is 16.4. The number of carbonyl (C=O) groups excluding carboxylic acids is 2. The SMILES string of the molecule is COCCN(C(=O)N[C@H](CC(N)=O)C(=O)O)C(C)COC. The minimum atomic E-state index is -1.37. The fraction of sp³-hybridized carbons (Fsp3) is 0.750. The zero-order valence-electron chi connectivity index (χ0n) is 12.5. The number of rotatable bonds is 10. The third-order valence-electron chi connectivity index (χ3n) is 2.74. The van der Waals surface area contributed by atoms with Crippen LogP contribution in [0, 0.1) is 0 Å². The Hall–Kier alpha value is -1.87. The summed E-state index contributed by atoms with van der Waals surface area (Å²) in [4.78, 5) is 35.4. The number of methoxy groups -OCH3 is 2. The molecule has 3 amide bonds. The fourth-order valence-corrected chi connectivity index (χ4v) is 1.68. The second-order valence-electron chi connectivity index (χ2n) is 4.50. The first-order valence-corrected chi connectivity index (χ1v) is 6.39. The zero-order valence-corrected chi connectivity index (χ0v) is 12.5. The van der Waals surface area contributed by atoms with E-state index in [1.165, 1.54) is 19.1 Å². The number of carboxylic acids is 1. The van der Waals surface area contributed by atoms with Crippen molar-refractivity contribution in [3.8, 4) is 0 Å². The number of amides is 3. The Balaban J connectivity index is 4.82. The lowest BCUT2D eigenvalue weighted by atomic mass is 10.2. The van der Waals surface area contributed by atoms with Gasteiger partial charge < -0.3 is 30.5 Å². The first-order chi connectivity index (χ1) is 9.83. The van der Waals surface area contributed by atoms with Crippen LogP contribution in [0.2, 0.25) is 0 Å². The summed E-state index contributed by atoms with van der Waals surface area (Å²) in [5, 5.41) is 11.3. The van der Waals surface area contributed by atoms with Gasteiger partial charge in [0.05, 0.1) is 25.7 Å². The number of carbonyl (C=O) groups is 3. The van der Waals surface area contributed by atoms with Crippen molar-refractivity contribution in [2.24, 2.45) is 5.73 Å². The van der Waals surface area contributed by atoms with Gasteiger partial charge in [0.2, 0.25) is 5.91 Å². The molecule has 0 saturated carbocycles. The highest BCUT2D eigenvalue weighted by Crippen LogP contribution is 2.03. The lowest BCUT2D eigenvalue weighted by Gasteiger charge is -2.29. The molecule has 0 aliphatic rings. The van der Waals surface area contributed by atoms with Crippen LogP contribution in [0.1, 0.15) is 13.3 Å². The number of nitrogens with one attached hydrogen (secondary N) is 1. The summed E-state index contributed by atoms with van der Waals surface area (Å²) in [6.45, 7) is 2.58. The third-order valence-corrected chi connectivity index (χ3v) is 2.74. The van der Waals surface area contributed by atoms with Crippen molar-refractivity contribution in [3.63, 3.8) is 0 Å². The maximum Gasteiger partial charge on any atom is 0.326 e. The van der Waals surface area contributed by atoms with E-state index in [1.807, 2.05) is 0 Å². The van der Waals surface area contributed by atoms with E-state index in [0.717, 1.165) is 0 Å². The second-order valence-corrected chi connectivity index (χ2v) is 4.50. The number of aliphatic carboxylic acids is 1. The van der Waals surface area contributed by atoms with Gasteiger partial charge in [-0.05, 0) is 6.92 Å². The highest BCUT2D eigenvalue weighted by atomic mass is 16.5. The van der Waals surface area contributed by atoms with Crippen molar-refractivity contribution in [2.45, 2.75) is 25.4 Å².